The van der Waals surface area contributed by atoms with Crippen LogP contribution in [0.3, 0.4) is 0 Å². The second-order valence-electron chi connectivity index (χ2n) is 4.22. The molecule has 0 aromatic carbocycles. The first-order valence-electron chi connectivity index (χ1n) is 6.04. The topological polar surface area (TPSA) is 110 Å². The number of rotatable bonds is 3. The Balaban J connectivity index is 2.35. The summed E-state index contributed by atoms with van der Waals surface area (Å²) in [6.45, 7) is 0.175. The fourth-order valence-electron chi connectivity index (χ4n) is 1.93. The number of sulfonamides is 1. The lowest BCUT2D eigenvalue weighted by molar-refractivity contribution is -0.149. The zero-order valence-corrected chi connectivity index (χ0v) is 12.0. The van der Waals surface area contributed by atoms with Gasteiger partial charge in [-0.2, -0.15) is 9.57 Å². The van der Waals surface area contributed by atoms with E-state index in [1.165, 1.54) is 19.2 Å². The number of nitriles is 1. The van der Waals surface area contributed by atoms with Crippen LogP contribution in [0.1, 0.15) is 5.69 Å². The number of methoxy groups -OCH3 is 1. The van der Waals surface area contributed by atoms with E-state index in [9.17, 15) is 13.2 Å². The number of morpholine rings is 1. The van der Waals surface area contributed by atoms with Crippen molar-refractivity contribution in [3.8, 4) is 6.07 Å². The van der Waals surface area contributed by atoms with Crippen molar-refractivity contribution in [2.75, 3.05) is 26.9 Å². The van der Waals surface area contributed by atoms with Crippen LogP contribution in [-0.2, 0) is 24.3 Å². The lowest BCUT2D eigenvalue weighted by Gasteiger charge is -2.32. The molecule has 1 unspecified atom stereocenters. The monoisotopic (exact) mass is 311 g/mol. The molecule has 112 valence electrons. The predicted molar refractivity (Wildman–Crippen MR) is 69.5 cm³/mol. The number of carbonyl (C=O) groups is 1. The lowest BCUT2D eigenvalue weighted by Crippen LogP contribution is -2.52. The summed E-state index contributed by atoms with van der Waals surface area (Å²) in [6, 6.07) is 3.37. The Labute approximate surface area is 122 Å². The minimum Gasteiger partial charge on any atom is -0.468 e. The average molecular weight is 311 g/mol. The van der Waals surface area contributed by atoms with E-state index in [0.717, 1.165) is 10.5 Å². The van der Waals surface area contributed by atoms with E-state index in [1.807, 2.05) is 6.07 Å². The number of nitrogens with zero attached hydrogens (tertiary/aromatic N) is 3. The van der Waals surface area contributed by atoms with Gasteiger partial charge in [0.2, 0.25) is 10.0 Å². The molecular weight excluding hydrogens is 298 g/mol. The molecule has 9 heteroatoms. The first kappa shape index (κ1) is 15.4. The minimum absolute atomic E-state index is 0.0438. The fraction of sp³-hybridized carbons (Fsp3) is 0.417. The quantitative estimate of drug-likeness (QED) is 0.693. The van der Waals surface area contributed by atoms with Crippen LogP contribution >= 0.6 is 0 Å². The number of carbonyl (C=O) groups excluding carboxylic acids is 1. The maximum atomic E-state index is 12.6. The van der Waals surface area contributed by atoms with Gasteiger partial charge >= 0.3 is 5.97 Å². The molecule has 1 aromatic rings. The average Bonchev–Trinajstić information content (AvgIpc) is 2.54. The van der Waals surface area contributed by atoms with E-state index in [-0.39, 0.29) is 30.3 Å². The van der Waals surface area contributed by atoms with Gasteiger partial charge in [0.1, 0.15) is 22.7 Å². The molecular formula is C12H13N3O5S. The molecule has 21 heavy (non-hydrogen) atoms. The second kappa shape index (κ2) is 6.17. The molecule has 2 rings (SSSR count). The Morgan fingerprint density at radius 2 is 2.33 bits per heavy atom. The molecule has 0 aliphatic carbocycles. The maximum Gasteiger partial charge on any atom is 0.326 e. The van der Waals surface area contributed by atoms with Crippen molar-refractivity contribution in [3.63, 3.8) is 0 Å². The standard InChI is InChI=1S/C12H13N3O5S/c1-19-12(16)11-8-20-5-4-15(11)21(17,18)10-3-2-9(6-13)14-7-10/h2-3,7,11H,4-5,8H2,1H3. The molecule has 8 nitrogen and oxygen atoms in total. The van der Waals surface area contributed by atoms with Crippen molar-refractivity contribution in [3.05, 3.63) is 24.0 Å². The van der Waals surface area contributed by atoms with E-state index in [4.69, 9.17) is 10.00 Å². The predicted octanol–water partition coefficient (Wildman–Crippen LogP) is -0.484. The van der Waals surface area contributed by atoms with Gasteiger partial charge in [0.05, 0.1) is 20.3 Å². The van der Waals surface area contributed by atoms with Crippen LogP contribution in [0.5, 0.6) is 0 Å². The van der Waals surface area contributed by atoms with Crippen LogP contribution in [0, 0.1) is 11.3 Å². The van der Waals surface area contributed by atoms with Gasteiger partial charge in [0.15, 0.2) is 0 Å². The van der Waals surface area contributed by atoms with E-state index in [1.54, 1.807) is 0 Å². The molecule has 1 fully saturated rings. The third-order valence-electron chi connectivity index (χ3n) is 3.01. The number of aromatic nitrogens is 1. The van der Waals surface area contributed by atoms with E-state index in [0.29, 0.717) is 0 Å². The van der Waals surface area contributed by atoms with Gasteiger partial charge in [-0.15, -0.1) is 0 Å². The Morgan fingerprint density at radius 3 is 2.90 bits per heavy atom. The van der Waals surface area contributed by atoms with Gasteiger partial charge in [-0.25, -0.2) is 13.4 Å². The van der Waals surface area contributed by atoms with Gasteiger partial charge < -0.3 is 9.47 Å². The minimum atomic E-state index is -3.91. The highest BCUT2D eigenvalue weighted by Crippen LogP contribution is 2.20. The molecule has 0 bridgehead atoms. The Hall–Kier alpha value is -2.02. The summed E-state index contributed by atoms with van der Waals surface area (Å²) in [4.78, 5) is 15.3. The van der Waals surface area contributed by atoms with Gasteiger partial charge in [-0.1, -0.05) is 0 Å². The van der Waals surface area contributed by atoms with Crippen LogP contribution in [0.25, 0.3) is 0 Å². The van der Waals surface area contributed by atoms with Crippen molar-refractivity contribution in [2.24, 2.45) is 0 Å². The Morgan fingerprint density at radius 1 is 1.57 bits per heavy atom. The largest absolute Gasteiger partial charge is 0.468 e. The molecule has 1 aromatic heterocycles. The fourth-order valence-corrected chi connectivity index (χ4v) is 3.43. The van der Waals surface area contributed by atoms with Gasteiger partial charge in [0.25, 0.3) is 0 Å². The Kier molecular flexibility index (Phi) is 4.52. The first-order chi connectivity index (χ1) is 10.0. The summed E-state index contributed by atoms with van der Waals surface area (Å²) < 4.78 is 35.9. The zero-order valence-electron chi connectivity index (χ0n) is 11.2. The third-order valence-corrected chi connectivity index (χ3v) is 4.90. The number of esters is 1. The summed E-state index contributed by atoms with van der Waals surface area (Å²) in [7, 11) is -2.73. The molecule has 0 N–H and O–H groups in total. The van der Waals surface area contributed by atoms with Crippen molar-refractivity contribution < 1.29 is 22.7 Å². The highest BCUT2D eigenvalue weighted by Gasteiger charge is 2.39. The van der Waals surface area contributed by atoms with Gasteiger partial charge in [0, 0.05) is 12.7 Å². The van der Waals surface area contributed by atoms with E-state index >= 15 is 0 Å². The summed E-state index contributed by atoms with van der Waals surface area (Å²) in [6.07, 6.45) is 1.09. The van der Waals surface area contributed by atoms with Crippen LogP contribution < -0.4 is 0 Å². The van der Waals surface area contributed by atoms with Crippen molar-refractivity contribution >= 4 is 16.0 Å². The first-order valence-corrected chi connectivity index (χ1v) is 7.48. The number of pyridine rings is 1. The van der Waals surface area contributed by atoms with E-state index in [2.05, 4.69) is 9.72 Å². The summed E-state index contributed by atoms with van der Waals surface area (Å²) in [5.74, 6) is -0.681. The summed E-state index contributed by atoms with van der Waals surface area (Å²) in [5, 5.41) is 8.68. The number of hydrogen-bond donors (Lipinski definition) is 0. The highest BCUT2D eigenvalue weighted by molar-refractivity contribution is 7.89. The van der Waals surface area contributed by atoms with Gasteiger partial charge in [-0.05, 0) is 12.1 Å². The molecule has 0 saturated carbocycles. The molecule has 2 heterocycles. The normalized spacial score (nSPS) is 19.7. The van der Waals surface area contributed by atoms with Crippen molar-refractivity contribution in [1.29, 1.82) is 5.26 Å². The zero-order chi connectivity index (χ0) is 15.5. The molecule has 0 spiro atoms. The summed E-state index contributed by atoms with van der Waals surface area (Å²) >= 11 is 0. The SMILES string of the molecule is COC(=O)C1COCCN1S(=O)(=O)c1ccc(C#N)nc1. The number of ether oxygens (including phenoxy) is 2. The molecule has 1 aliphatic heterocycles. The second-order valence-corrected chi connectivity index (χ2v) is 6.11. The maximum absolute atomic E-state index is 12.6. The van der Waals surface area contributed by atoms with Gasteiger partial charge in [-0.3, -0.25) is 4.79 Å². The van der Waals surface area contributed by atoms with Crippen LogP contribution in [0.4, 0.5) is 0 Å². The van der Waals surface area contributed by atoms with Crippen LogP contribution in [-0.4, -0.2) is 56.6 Å². The van der Waals surface area contributed by atoms with Crippen LogP contribution in [0.2, 0.25) is 0 Å². The summed E-state index contributed by atoms with van der Waals surface area (Å²) in [5.41, 5.74) is 0.112. The van der Waals surface area contributed by atoms with E-state index < -0.39 is 22.0 Å². The highest BCUT2D eigenvalue weighted by atomic mass is 32.2. The molecule has 0 amide bonds. The molecule has 1 aliphatic rings. The smallest absolute Gasteiger partial charge is 0.326 e. The third kappa shape index (κ3) is 3.02. The van der Waals surface area contributed by atoms with Crippen molar-refractivity contribution in [2.45, 2.75) is 10.9 Å². The lowest BCUT2D eigenvalue weighted by atomic mass is 10.3. The van der Waals surface area contributed by atoms with Crippen molar-refractivity contribution in [1.82, 2.24) is 9.29 Å². The molecule has 1 atom stereocenters. The molecule has 1 saturated heterocycles. The molecule has 0 radical (unpaired) electrons. The Bertz CT molecular complexity index is 665. The number of hydrogen-bond acceptors (Lipinski definition) is 7. The van der Waals surface area contributed by atoms with Crippen LogP contribution in [0.15, 0.2) is 23.2 Å².